The van der Waals surface area contributed by atoms with Gasteiger partial charge in [-0.15, -0.1) is 0 Å². The molecule has 0 amide bonds. The van der Waals surface area contributed by atoms with Crippen molar-refractivity contribution in [1.29, 1.82) is 0 Å². The molecule has 0 aliphatic carbocycles. The van der Waals surface area contributed by atoms with Crippen LogP contribution in [0.3, 0.4) is 0 Å². The summed E-state index contributed by atoms with van der Waals surface area (Å²) in [5.41, 5.74) is 1.56. The fraction of sp³-hybridized carbons (Fsp3) is 0.211. The van der Waals surface area contributed by atoms with Crippen molar-refractivity contribution in [1.82, 2.24) is 9.97 Å². The molecule has 0 aliphatic heterocycles. The number of benzene rings is 2. The van der Waals surface area contributed by atoms with Crippen molar-refractivity contribution in [3.63, 3.8) is 0 Å². The number of carbonyl (C=O) groups excluding carboxylic acids is 1. The second-order valence-electron chi connectivity index (χ2n) is 4.64. The van der Waals surface area contributed by atoms with Crippen LogP contribution in [0, 0.1) is 0 Å². The topological polar surface area (TPSA) is 61.3 Å². The Morgan fingerprint density at radius 2 is 1.54 bits per heavy atom. The van der Waals surface area contributed by atoms with Crippen LogP contribution in [0.25, 0.3) is 10.9 Å². The van der Waals surface area contributed by atoms with E-state index in [0.717, 1.165) is 0 Å². The Kier molecular flexibility index (Phi) is 5.84. The first-order chi connectivity index (χ1) is 11.7. The molecule has 124 valence electrons. The van der Waals surface area contributed by atoms with Crippen LogP contribution in [0.2, 0.25) is 0 Å². The second-order valence-corrected chi connectivity index (χ2v) is 4.64. The van der Waals surface area contributed by atoms with E-state index in [1.807, 2.05) is 32.0 Å². The molecule has 3 aromatic rings. The highest BCUT2D eigenvalue weighted by atomic mass is 16.5. The molecule has 2 aromatic carbocycles. The number of ketones is 1. The number of aromatic nitrogens is 2. The molecular weight excluding hydrogens is 304 g/mol. The summed E-state index contributed by atoms with van der Waals surface area (Å²) in [6, 6.07) is 12.5. The monoisotopic (exact) mass is 324 g/mol. The minimum absolute atomic E-state index is 0.153. The van der Waals surface area contributed by atoms with Crippen molar-refractivity contribution < 1.29 is 14.3 Å². The van der Waals surface area contributed by atoms with Crippen molar-refractivity contribution in [2.75, 3.05) is 14.2 Å². The fourth-order valence-electron chi connectivity index (χ4n) is 2.29. The summed E-state index contributed by atoms with van der Waals surface area (Å²) in [6.07, 6.45) is 1.38. The largest absolute Gasteiger partial charge is 0.493 e. The number of fused-ring (bicyclic) bond motifs is 1. The lowest BCUT2D eigenvalue weighted by molar-refractivity contribution is 0.103. The van der Waals surface area contributed by atoms with Crippen molar-refractivity contribution in [3.05, 3.63) is 60.0 Å². The van der Waals surface area contributed by atoms with Gasteiger partial charge in [0.1, 0.15) is 12.0 Å². The van der Waals surface area contributed by atoms with Gasteiger partial charge in [-0.1, -0.05) is 44.2 Å². The summed E-state index contributed by atoms with van der Waals surface area (Å²) in [5, 5.41) is 0.633. The molecule has 0 fully saturated rings. The van der Waals surface area contributed by atoms with Crippen molar-refractivity contribution >= 4 is 16.7 Å². The van der Waals surface area contributed by atoms with Gasteiger partial charge in [-0.2, -0.15) is 0 Å². The first-order valence-electron chi connectivity index (χ1n) is 7.71. The lowest BCUT2D eigenvalue weighted by atomic mass is 10.0. The molecule has 0 N–H and O–H groups in total. The molecule has 1 heterocycles. The average Bonchev–Trinajstić information content (AvgIpc) is 2.68. The molecule has 5 nitrogen and oxygen atoms in total. The number of nitrogens with zero attached hydrogens (tertiary/aromatic N) is 2. The maximum absolute atomic E-state index is 12.7. The zero-order chi connectivity index (χ0) is 17.5. The van der Waals surface area contributed by atoms with Crippen LogP contribution in [-0.2, 0) is 0 Å². The van der Waals surface area contributed by atoms with Gasteiger partial charge in [0.05, 0.1) is 19.7 Å². The number of methoxy groups -OCH3 is 2. The Balaban J connectivity index is 0.00000100. The van der Waals surface area contributed by atoms with Crippen molar-refractivity contribution in [3.8, 4) is 11.5 Å². The normalized spacial score (nSPS) is 9.83. The number of hydrogen-bond donors (Lipinski definition) is 0. The second kappa shape index (κ2) is 8.06. The number of hydrogen-bond acceptors (Lipinski definition) is 5. The van der Waals surface area contributed by atoms with Crippen LogP contribution in [0.15, 0.2) is 48.8 Å². The predicted molar refractivity (Wildman–Crippen MR) is 93.9 cm³/mol. The summed E-state index contributed by atoms with van der Waals surface area (Å²) < 4.78 is 10.6. The molecule has 0 spiro atoms. The third kappa shape index (κ3) is 3.35. The molecule has 24 heavy (non-hydrogen) atoms. The van der Waals surface area contributed by atoms with E-state index in [0.29, 0.717) is 33.7 Å². The van der Waals surface area contributed by atoms with Gasteiger partial charge in [-0.05, 0) is 6.07 Å². The molecule has 0 unspecified atom stereocenters. The van der Waals surface area contributed by atoms with Crippen LogP contribution in [0.4, 0.5) is 0 Å². The minimum Gasteiger partial charge on any atom is -0.493 e. The van der Waals surface area contributed by atoms with E-state index in [1.54, 1.807) is 38.5 Å². The third-order valence-corrected chi connectivity index (χ3v) is 3.39. The number of rotatable bonds is 4. The highest BCUT2D eigenvalue weighted by Gasteiger charge is 2.17. The Labute approximate surface area is 141 Å². The summed E-state index contributed by atoms with van der Waals surface area (Å²) >= 11 is 0. The molecule has 3 rings (SSSR count). The van der Waals surface area contributed by atoms with Gasteiger partial charge in [0.25, 0.3) is 0 Å². The fourth-order valence-corrected chi connectivity index (χ4v) is 2.29. The molecule has 0 atom stereocenters. The SMILES string of the molecule is CC.COc1cc2ncnc(C(=O)c3ccccc3)c2cc1OC. The number of carbonyl (C=O) groups is 1. The van der Waals surface area contributed by atoms with E-state index >= 15 is 0 Å². The van der Waals surface area contributed by atoms with Crippen molar-refractivity contribution in [2.45, 2.75) is 13.8 Å². The van der Waals surface area contributed by atoms with E-state index in [-0.39, 0.29) is 5.78 Å². The summed E-state index contributed by atoms with van der Waals surface area (Å²) in [6.45, 7) is 4.00. The van der Waals surface area contributed by atoms with Crippen molar-refractivity contribution in [2.24, 2.45) is 0 Å². The molecule has 0 aliphatic rings. The Bertz CT molecular complexity index is 833. The van der Waals surface area contributed by atoms with E-state index in [2.05, 4.69) is 9.97 Å². The first kappa shape index (κ1) is 17.4. The summed E-state index contributed by atoms with van der Waals surface area (Å²) in [4.78, 5) is 21.0. The van der Waals surface area contributed by atoms with E-state index in [9.17, 15) is 4.79 Å². The van der Waals surface area contributed by atoms with Gasteiger partial charge in [0, 0.05) is 17.0 Å². The smallest absolute Gasteiger partial charge is 0.212 e. The standard InChI is InChI=1S/C17H14N2O3.C2H6/c1-21-14-8-12-13(9-15(14)22-2)18-10-19-16(12)17(20)11-6-4-3-5-7-11;1-2/h3-10H,1-2H3;1-2H3. The molecule has 5 heteroatoms. The Hall–Kier alpha value is -2.95. The molecular formula is C19H20N2O3. The predicted octanol–water partition coefficient (Wildman–Crippen LogP) is 3.90. The van der Waals surface area contributed by atoms with Gasteiger partial charge in [-0.25, -0.2) is 9.97 Å². The maximum Gasteiger partial charge on any atom is 0.212 e. The quantitative estimate of drug-likeness (QED) is 0.681. The van der Waals surface area contributed by atoms with Crippen LogP contribution in [-0.4, -0.2) is 30.0 Å². The van der Waals surface area contributed by atoms with Crippen LogP contribution in [0.1, 0.15) is 29.9 Å². The van der Waals surface area contributed by atoms with Crippen LogP contribution >= 0.6 is 0 Å². The minimum atomic E-state index is -0.153. The van der Waals surface area contributed by atoms with Gasteiger partial charge in [0.15, 0.2) is 11.5 Å². The first-order valence-corrected chi connectivity index (χ1v) is 7.71. The Morgan fingerprint density at radius 1 is 0.917 bits per heavy atom. The van der Waals surface area contributed by atoms with Gasteiger partial charge in [0.2, 0.25) is 5.78 Å². The highest BCUT2D eigenvalue weighted by Crippen LogP contribution is 2.32. The lowest BCUT2D eigenvalue weighted by Gasteiger charge is -2.10. The average molecular weight is 324 g/mol. The van der Waals surface area contributed by atoms with Gasteiger partial charge in [-0.3, -0.25) is 4.79 Å². The molecule has 0 saturated carbocycles. The van der Waals surface area contributed by atoms with Crippen LogP contribution in [0.5, 0.6) is 11.5 Å². The van der Waals surface area contributed by atoms with Gasteiger partial charge >= 0.3 is 0 Å². The van der Waals surface area contributed by atoms with Crippen LogP contribution < -0.4 is 9.47 Å². The Morgan fingerprint density at radius 3 is 2.17 bits per heavy atom. The highest BCUT2D eigenvalue weighted by molar-refractivity contribution is 6.14. The number of ether oxygens (including phenoxy) is 2. The zero-order valence-electron chi connectivity index (χ0n) is 14.2. The molecule has 0 radical (unpaired) electrons. The zero-order valence-corrected chi connectivity index (χ0v) is 14.2. The molecule has 0 bridgehead atoms. The maximum atomic E-state index is 12.7. The lowest BCUT2D eigenvalue weighted by Crippen LogP contribution is -2.06. The summed E-state index contributed by atoms with van der Waals surface area (Å²) in [7, 11) is 3.10. The summed E-state index contributed by atoms with van der Waals surface area (Å²) in [5.74, 6) is 0.943. The van der Waals surface area contributed by atoms with E-state index in [1.165, 1.54) is 6.33 Å². The third-order valence-electron chi connectivity index (χ3n) is 3.39. The molecule has 1 aromatic heterocycles. The van der Waals surface area contributed by atoms with E-state index < -0.39 is 0 Å². The molecule has 0 saturated heterocycles. The van der Waals surface area contributed by atoms with E-state index in [4.69, 9.17) is 9.47 Å². The van der Waals surface area contributed by atoms with Gasteiger partial charge < -0.3 is 9.47 Å².